The fraction of sp³-hybridized carbons (Fsp3) is 0.179. The normalized spacial score (nSPS) is 20.2. The fourth-order valence-electron chi connectivity index (χ4n) is 3.30. The van der Waals surface area contributed by atoms with Crippen LogP contribution in [0, 0.1) is 6.92 Å². The minimum absolute atomic E-state index is 0. The monoisotopic (exact) mass is 579 g/mol. The molecule has 0 bridgehead atoms. The number of pyridine rings is 1. The van der Waals surface area contributed by atoms with E-state index < -0.39 is 0 Å². The van der Waals surface area contributed by atoms with E-state index in [0.29, 0.717) is 34.3 Å². The van der Waals surface area contributed by atoms with Crippen LogP contribution in [0.15, 0.2) is 112 Å². The van der Waals surface area contributed by atoms with Crippen molar-refractivity contribution >= 4 is 34.8 Å². The predicted octanol–water partition coefficient (Wildman–Crippen LogP) is 5.56. The molecule has 1 aromatic rings. The summed E-state index contributed by atoms with van der Waals surface area (Å²) < 4.78 is 0. The SMILES string of the molecule is CC1=CC=CC(CN/C=C2/C=C(Cl)C=CC2=O)[N-]1.Cc1cccc(CN/C=C2/C=C(Cl)C=CC2=O)n1.[Ni]. The first kappa shape index (κ1) is 30.1. The first-order chi connectivity index (χ1) is 17.3. The van der Waals surface area contributed by atoms with Gasteiger partial charge in [-0.15, -0.1) is 0 Å². The molecule has 0 aromatic carbocycles. The average Bonchev–Trinajstić information content (AvgIpc) is 2.84. The van der Waals surface area contributed by atoms with Crippen molar-refractivity contribution in [3.63, 3.8) is 0 Å². The van der Waals surface area contributed by atoms with E-state index in [-0.39, 0.29) is 34.1 Å². The van der Waals surface area contributed by atoms with Gasteiger partial charge in [0.05, 0.1) is 12.2 Å². The molecule has 0 fully saturated rings. The number of nitrogens with one attached hydrogen (secondary N) is 2. The standard InChI is InChI=1S/C14H14ClN2O.C14H13ClN2O.Ni/c2*1-10-3-2-4-13(17-10)9-16-8-11-7-12(15)5-6-14(11)18;/h2-8,13H,9H2,1H3,(H,16,18);2-8,16H,9H2,1H3;/q-1;;/b;11-8-;. The Morgan fingerprint density at radius 3 is 2.16 bits per heavy atom. The third kappa shape index (κ3) is 10.4. The first-order valence-electron chi connectivity index (χ1n) is 11.3. The maximum absolute atomic E-state index is 11.5. The van der Waals surface area contributed by atoms with Crippen LogP contribution < -0.4 is 10.6 Å². The summed E-state index contributed by atoms with van der Waals surface area (Å²) in [5.74, 6) is -0.0943. The Morgan fingerprint density at radius 2 is 1.57 bits per heavy atom. The van der Waals surface area contributed by atoms with Crippen LogP contribution in [-0.2, 0) is 32.6 Å². The number of aromatic nitrogens is 1. The van der Waals surface area contributed by atoms with Crippen LogP contribution >= 0.6 is 23.2 Å². The predicted molar refractivity (Wildman–Crippen MR) is 146 cm³/mol. The number of carbonyl (C=O) groups is 2. The number of hydrogen-bond donors (Lipinski definition) is 2. The minimum atomic E-state index is -0.0518. The summed E-state index contributed by atoms with van der Waals surface area (Å²) in [6.07, 6.45) is 18.7. The Morgan fingerprint density at radius 1 is 0.946 bits per heavy atom. The van der Waals surface area contributed by atoms with E-state index in [4.69, 9.17) is 23.2 Å². The second-order valence-corrected chi connectivity index (χ2v) is 8.97. The molecule has 2 heterocycles. The number of carbonyl (C=O) groups excluding carboxylic acids is 2. The molecule has 2 N–H and O–H groups in total. The summed E-state index contributed by atoms with van der Waals surface area (Å²) in [7, 11) is 0. The van der Waals surface area contributed by atoms with Gasteiger partial charge in [-0.3, -0.25) is 14.6 Å². The van der Waals surface area contributed by atoms with Gasteiger partial charge in [-0.25, -0.2) is 0 Å². The van der Waals surface area contributed by atoms with Crippen LogP contribution in [0.2, 0.25) is 0 Å². The first-order valence-corrected chi connectivity index (χ1v) is 12.1. The van der Waals surface area contributed by atoms with Gasteiger partial charge in [0.2, 0.25) is 0 Å². The molecule has 1 aromatic heterocycles. The molecule has 0 spiro atoms. The van der Waals surface area contributed by atoms with Gasteiger partial charge >= 0.3 is 0 Å². The number of ketones is 2. The molecule has 0 amide bonds. The molecule has 1 aliphatic heterocycles. The maximum Gasteiger partial charge on any atom is 0.187 e. The van der Waals surface area contributed by atoms with E-state index in [1.165, 1.54) is 12.2 Å². The summed E-state index contributed by atoms with van der Waals surface area (Å²) in [4.78, 5) is 27.4. The number of allylic oxidation sites excluding steroid dienone is 13. The Hall–Kier alpha value is -3.12. The number of halogens is 2. The van der Waals surface area contributed by atoms with E-state index in [0.717, 1.165) is 17.1 Å². The zero-order valence-corrected chi connectivity index (χ0v) is 22.9. The maximum atomic E-state index is 11.5. The molecule has 1 unspecified atom stereocenters. The van der Waals surface area contributed by atoms with E-state index in [1.54, 1.807) is 36.7 Å². The smallest absolute Gasteiger partial charge is 0.187 e. The summed E-state index contributed by atoms with van der Waals surface area (Å²) in [5.41, 5.74) is 4.03. The number of aryl methyl sites for hydroxylation is 1. The van der Waals surface area contributed by atoms with E-state index in [2.05, 4.69) is 20.9 Å². The van der Waals surface area contributed by atoms with Crippen molar-refractivity contribution in [1.29, 1.82) is 0 Å². The van der Waals surface area contributed by atoms with Crippen LogP contribution in [0.1, 0.15) is 18.3 Å². The van der Waals surface area contributed by atoms with E-state index in [9.17, 15) is 9.59 Å². The number of hydrogen-bond acceptors (Lipinski definition) is 5. The van der Waals surface area contributed by atoms with Crippen molar-refractivity contribution in [2.24, 2.45) is 0 Å². The molecule has 1 atom stereocenters. The van der Waals surface area contributed by atoms with Gasteiger partial charge in [-0.05, 0) is 55.5 Å². The zero-order valence-electron chi connectivity index (χ0n) is 20.4. The fourth-order valence-corrected chi connectivity index (χ4v) is 3.66. The van der Waals surface area contributed by atoms with Crippen LogP contribution in [0.3, 0.4) is 0 Å². The Balaban J connectivity index is 0.000000253. The van der Waals surface area contributed by atoms with Crippen LogP contribution in [-0.4, -0.2) is 29.1 Å². The second-order valence-electron chi connectivity index (χ2n) is 8.10. The molecule has 37 heavy (non-hydrogen) atoms. The average molecular weight is 581 g/mol. The Labute approximate surface area is 237 Å². The van der Waals surface area contributed by atoms with Gasteiger partial charge in [-0.2, -0.15) is 5.70 Å². The van der Waals surface area contributed by atoms with Crippen LogP contribution in [0.5, 0.6) is 0 Å². The topological polar surface area (TPSA) is 85.2 Å². The molecule has 0 saturated heterocycles. The molecule has 0 radical (unpaired) electrons. The quantitative estimate of drug-likeness (QED) is 0.340. The van der Waals surface area contributed by atoms with Crippen LogP contribution in [0.4, 0.5) is 0 Å². The summed E-state index contributed by atoms with van der Waals surface area (Å²) in [6, 6.07) is 5.95. The van der Waals surface area contributed by atoms with Gasteiger partial charge in [0, 0.05) is 62.3 Å². The van der Waals surface area contributed by atoms with Crippen molar-refractivity contribution in [3.05, 3.63) is 129 Å². The molecular weight excluding hydrogens is 554 g/mol. The van der Waals surface area contributed by atoms with Crippen molar-refractivity contribution in [2.45, 2.75) is 26.4 Å². The molecule has 3 aliphatic rings. The Kier molecular flexibility index (Phi) is 12.4. The number of nitrogens with zero attached hydrogens (tertiary/aromatic N) is 2. The van der Waals surface area contributed by atoms with Gasteiger partial charge in [0.1, 0.15) is 0 Å². The molecule has 0 saturated carbocycles. The van der Waals surface area contributed by atoms with Gasteiger partial charge < -0.3 is 16.0 Å². The summed E-state index contributed by atoms with van der Waals surface area (Å²) in [5, 5.41) is 11.7. The van der Waals surface area contributed by atoms with E-state index in [1.807, 2.05) is 50.3 Å². The van der Waals surface area contributed by atoms with Crippen molar-refractivity contribution in [3.8, 4) is 0 Å². The van der Waals surface area contributed by atoms with Crippen LogP contribution in [0.25, 0.3) is 5.32 Å². The minimum Gasteiger partial charge on any atom is -0.681 e. The summed E-state index contributed by atoms with van der Waals surface area (Å²) >= 11 is 11.7. The Bertz CT molecular complexity index is 1260. The third-order valence-electron chi connectivity index (χ3n) is 5.06. The number of rotatable bonds is 6. The largest absolute Gasteiger partial charge is 0.681 e. The molecule has 9 heteroatoms. The van der Waals surface area contributed by atoms with Gasteiger partial charge in [-0.1, -0.05) is 60.5 Å². The molecule has 6 nitrogen and oxygen atoms in total. The van der Waals surface area contributed by atoms with Gasteiger partial charge in [0.25, 0.3) is 0 Å². The van der Waals surface area contributed by atoms with Crippen molar-refractivity contribution in [1.82, 2.24) is 15.6 Å². The van der Waals surface area contributed by atoms with Gasteiger partial charge in [0.15, 0.2) is 11.6 Å². The summed E-state index contributed by atoms with van der Waals surface area (Å²) in [6.45, 7) is 5.15. The zero-order chi connectivity index (χ0) is 25.9. The third-order valence-corrected chi connectivity index (χ3v) is 5.53. The second kappa shape index (κ2) is 15.2. The molecule has 196 valence electrons. The van der Waals surface area contributed by atoms with Crippen molar-refractivity contribution in [2.75, 3.05) is 6.54 Å². The van der Waals surface area contributed by atoms with Crippen molar-refractivity contribution < 1.29 is 26.1 Å². The molecule has 2 aliphatic carbocycles. The van der Waals surface area contributed by atoms with E-state index >= 15 is 0 Å². The molecular formula is C28H27Cl2N4NiO2-. The molecule has 4 rings (SSSR count).